The summed E-state index contributed by atoms with van der Waals surface area (Å²) in [5.41, 5.74) is 7.40. The molecule has 0 saturated heterocycles. The number of rotatable bonds is 5. The van der Waals surface area contributed by atoms with Gasteiger partial charge in [-0.25, -0.2) is 0 Å². The number of hydrogen-bond donors (Lipinski definition) is 3. The van der Waals surface area contributed by atoms with E-state index in [0.717, 1.165) is 5.56 Å². The number of aryl methyl sites for hydroxylation is 1. The van der Waals surface area contributed by atoms with Crippen molar-refractivity contribution in [2.45, 2.75) is 6.92 Å². The van der Waals surface area contributed by atoms with Gasteiger partial charge in [-0.1, -0.05) is 30.3 Å². The van der Waals surface area contributed by atoms with E-state index >= 15 is 0 Å². The van der Waals surface area contributed by atoms with Crippen LogP contribution in [0.1, 0.15) is 11.1 Å². The lowest BCUT2D eigenvalue weighted by molar-refractivity contribution is 0.411. The van der Waals surface area contributed by atoms with Gasteiger partial charge in [-0.15, -0.1) is 0 Å². The van der Waals surface area contributed by atoms with Crippen molar-refractivity contribution < 1.29 is 4.74 Å². The molecule has 104 valence electrons. The van der Waals surface area contributed by atoms with E-state index in [1.807, 2.05) is 19.1 Å². The first-order valence-corrected chi connectivity index (χ1v) is 6.03. The minimum atomic E-state index is -0.379. The average Bonchev–Trinajstić information content (AvgIpc) is 2.38. The van der Waals surface area contributed by atoms with Crippen molar-refractivity contribution in [3.63, 3.8) is 0 Å². The van der Waals surface area contributed by atoms with Crippen molar-refractivity contribution in [1.29, 1.82) is 10.7 Å². The van der Waals surface area contributed by atoms with Crippen LogP contribution in [0.2, 0.25) is 0 Å². The van der Waals surface area contributed by atoms with Crippen LogP contribution in [0.3, 0.4) is 0 Å². The second kappa shape index (κ2) is 6.64. The molecular formula is C14H15ClN4O. The molecule has 0 radical (unpaired) electrons. The summed E-state index contributed by atoms with van der Waals surface area (Å²) < 4.78 is 5.24. The Balaban J connectivity index is 3.50. The van der Waals surface area contributed by atoms with E-state index in [2.05, 4.69) is 11.9 Å². The molecular weight excluding hydrogens is 276 g/mol. The molecule has 0 amide bonds. The zero-order chi connectivity index (χ0) is 15.3. The fourth-order valence-corrected chi connectivity index (χ4v) is 1.77. The monoisotopic (exact) mass is 290 g/mol. The second-order valence-electron chi connectivity index (χ2n) is 4.01. The largest absolute Gasteiger partial charge is 0.496 e. The summed E-state index contributed by atoms with van der Waals surface area (Å²) >= 11 is 5.64. The van der Waals surface area contributed by atoms with Gasteiger partial charge in [-0.3, -0.25) is 5.41 Å². The van der Waals surface area contributed by atoms with Crippen molar-refractivity contribution in [2.75, 3.05) is 7.11 Å². The van der Waals surface area contributed by atoms with Gasteiger partial charge in [0.15, 0.2) is 0 Å². The van der Waals surface area contributed by atoms with Gasteiger partial charge in [0.05, 0.1) is 18.6 Å². The van der Waals surface area contributed by atoms with Gasteiger partial charge < -0.3 is 15.8 Å². The van der Waals surface area contributed by atoms with Gasteiger partial charge in [0.2, 0.25) is 0 Å². The number of halogens is 1. The third kappa shape index (κ3) is 3.53. The highest BCUT2D eigenvalue weighted by Crippen LogP contribution is 2.25. The van der Waals surface area contributed by atoms with Crippen molar-refractivity contribution in [3.05, 3.63) is 47.3 Å². The molecule has 0 aliphatic carbocycles. The number of hydrogen-bond acceptors (Lipinski definition) is 5. The Morgan fingerprint density at radius 3 is 2.65 bits per heavy atom. The standard InChI is InChI=1S/C14H15ClN4O/c1-8-4-5-10(6-12(8)20-3)13(19-9(2)17)11(7-16)14(15)18/h4-6,18-19H,2,17H2,1,3H3. The zero-order valence-corrected chi connectivity index (χ0v) is 12.0. The number of nitrogens with one attached hydrogen (secondary N) is 2. The van der Waals surface area contributed by atoms with Gasteiger partial charge in [0.1, 0.15) is 22.6 Å². The van der Waals surface area contributed by atoms with Crippen molar-refractivity contribution in [1.82, 2.24) is 5.32 Å². The molecule has 0 bridgehead atoms. The van der Waals surface area contributed by atoms with Crippen molar-refractivity contribution in [2.24, 2.45) is 5.73 Å². The van der Waals surface area contributed by atoms with Crippen LogP contribution in [0, 0.1) is 23.7 Å². The number of allylic oxidation sites excluding steroid dienone is 1. The topological polar surface area (TPSA) is 94.9 Å². The molecule has 0 spiro atoms. The lowest BCUT2D eigenvalue weighted by Crippen LogP contribution is -2.20. The second-order valence-corrected chi connectivity index (χ2v) is 4.39. The van der Waals surface area contributed by atoms with Crippen LogP contribution in [-0.4, -0.2) is 12.3 Å². The van der Waals surface area contributed by atoms with E-state index in [0.29, 0.717) is 17.0 Å². The van der Waals surface area contributed by atoms with E-state index < -0.39 is 0 Å². The highest BCUT2D eigenvalue weighted by atomic mass is 35.5. The van der Waals surface area contributed by atoms with Gasteiger partial charge in [-0.05, 0) is 18.6 Å². The Labute approximate surface area is 122 Å². The Morgan fingerprint density at radius 2 is 2.20 bits per heavy atom. The van der Waals surface area contributed by atoms with E-state index in [4.69, 9.17) is 32.7 Å². The predicted molar refractivity (Wildman–Crippen MR) is 80.3 cm³/mol. The van der Waals surface area contributed by atoms with Crippen LogP contribution in [-0.2, 0) is 0 Å². The van der Waals surface area contributed by atoms with Gasteiger partial charge in [-0.2, -0.15) is 5.26 Å². The molecule has 6 heteroatoms. The maximum Gasteiger partial charge on any atom is 0.140 e. The Bertz CT molecular complexity index is 629. The maximum atomic E-state index is 9.15. The number of nitrogens with two attached hydrogens (primary N) is 1. The smallest absolute Gasteiger partial charge is 0.140 e. The van der Waals surface area contributed by atoms with Crippen molar-refractivity contribution in [3.8, 4) is 11.8 Å². The summed E-state index contributed by atoms with van der Waals surface area (Å²) in [5.74, 6) is 0.799. The van der Waals surface area contributed by atoms with Gasteiger partial charge in [0, 0.05) is 5.56 Å². The molecule has 0 aromatic heterocycles. The maximum absolute atomic E-state index is 9.15. The minimum absolute atomic E-state index is 0.0239. The molecule has 4 N–H and O–H groups in total. The lowest BCUT2D eigenvalue weighted by Gasteiger charge is -2.14. The minimum Gasteiger partial charge on any atom is -0.496 e. The molecule has 0 saturated carbocycles. The molecule has 20 heavy (non-hydrogen) atoms. The van der Waals surface area contributed by atoms with E-state index in [-0.39, 0.29) is 16.6 Å². The molecule has 5 nitrogen and oxygen atoms in total. The summed E-state index contributed by atoms with van der Waals surface area (Å²) in [6, 6.07) is 7.23. The van der Waals surface area contributed by atoms with E-state index in [1.165, 1.54) is 0 Å². The third-order valence-electron chi connectivity index (χ3n) is 2.56. The molecule has 0 fully saturated rings. The van der Waals surface area contributed by atoms with Crippen LogP contribution in [0.15, 0.2) is 36.2 Å². The van der Waals surface area contributed by atoms with E-state index in [9.17, 15) is 0 Å². The molecule has 1 aromatic rings. The number of ether oxygens (including phenoxy) is 1. The van der Waals surface area contributed by atoms with Crippen LogP contribution in [0.25, 0.3) is 5.70 Å². The molecule has 0 unspecified atom stereocenters. The highest BCUT2D eigenvalue weighted by molar-refractivity contribution is 6.69. The average molecular weight is 291 g/mol. The van der Waals surface area contributed by atoms with Crippen LogP contribution in [0.4, 0.5) is 0 Å². The fraction of sp³-hybridized carbons (Fsp3) is 0.143. The molecule has 1 aromatic carbocycles. The number of nitrogens with zero attached hydrogens (tertiary/aromatic N) is 1. The summed E-state index contributed by atoms with van der Waals surface area (Å²) in [6.07, 6.45) is 0. The SMILES string of the molecule is C=C(N)NC(=C(C#N)C(=N)Cl)c1ccc(C)c(OC)c1. The summed E-state index contributed by atoms with van der Waals surface area (Å²) in [4.78, 5) is 0. The molecule has 0 aliphatic rings. The molecule has 0 atom stereocenters. The first kappa shape index (κ1) is 15.6. The van der Waals surface area contributed by atoms with Gasteiger partial charge in [0.25, 0.3) is 0 Å². The van der Waals surface area contributed by atoms with Crippen LogP contribution >= 0.6 is 11.6 Å². The lowest BCUT2D eigenvalue weighted by atomic mass is 10.0. The molecule has 0 aliphatic heterocycles. The normalized spacial score (nSPS) is 11.1. The molecule has 0 heterocycles. The third-order valence-corrected chi connectivity index (χ3v) is 2.75. The van der Waals surface area contributed by atoms with Crippen LogP contribution in [0.5, 0.6) is 5.75 Å². The van der Waals surface area contributed by atoms with Crippen LogP contribution < -0.4 is 15.8 Å². The zero-order valence-electron chi connectivity index (χ0n) is 11.2. The Hall–Kier alpha value is -2.45. The number of benzene rings is 1. The fourth-order valence-electron chi connectivity index (χ4n) is 1.63. The van der Waals surface area contributed by atoms with E-state index in [1.54, 1.807) is 19.2 Å². The Kier molecular flexibility index (Phi) is 5.18. The summed E-state index contributed by atoms with van der Waals surface area (Å²) in [7, 11) is 1.56. The first-order valence-electron chi connectivity index (χ1n) is 5.66. The number of methoxy groups -OCH3 is 1. The Morgan fingerprint density at radius 1 is 1.55 bits per heavy atom. The summed E-state index contributed by atoms with van der Waals surface area (Å²) in [5, 5.41) is 19.0. The first-order chi connectivity index (χ1) is 9.40. The highest BCUT2D eigenvalue weighted by Gasteiger charge is 2.14. The molecule has 1 rings (SSSR count). The quantitative estimate of drug-likeness (QED) is 0.573. The summed E-state index contributed by atoms with van der Waals surface area (Å²) in [6.45, 7) is 5.43. The van der Waals surface area contributed by atoms with Gasteiger partial charge >= 0.3 is 0 Å². The van der Waals surface area contributed by atoms with Crippen molar-refractivity contribution >= 4 is 22.5 Å². The predicted octanol–water partition coefficient (Wildman–Crippen LogP) is 2.47. The number of nitriles is 1.